The van der Waals surface area contributed by atoms with Crippen molar-refractivity contribution in [2.45, 2.75) is 83.5 Å². The van der Waals surface area contributed by atoms with Crippen molar-refractivity contribution < 1.29 is 81.4 Å². The smallest absolute Gasteiger partial charge is 0.490 e. The fraction of sp³-hybridized carbons (Fsp3) is 0.375. The Morgan fingerprint density at radius 3 is 1.88 bits per heavy atom. The molecular weight excluding hydrogens is 789 g/mol. The minimum absolute atomic E-state index is 0.0132. The van der Waals surface area contributed by atoms with Crippen LogP contribution in [0.15, 0.2) is 54.6 Å². The summed E-state index contributed by atoms with van der Waals surface area (Å²) in [5, 5.41) is 43.6. The molecule has 16 nitrogen and oxygen atoms in total. The molecule has 1 fully saturated rings. The highest BCUT2D eigenvalue weighted by Crippen LogP contribution is 2.37. The average Bonchev–Trinajstić information content (AvgIpc) is 3.60. The minimum Gasteiger partial charge on any atom is -0.508 e. The van der Waals surface area contributed by atoms with Crippen molar-refractivity contribution in [3.8, 4) is 23.0 Å². The highest BCUT2D eigenvalue weighted by Gasteiger charge is 2.38. The number of rotatable bonds is 17. The topological polar surface area (TPSA) is 252 Å². The fourth-order valence-electron chi connectivity index (χ4n) is 5.56. The summed E-state index contributed by atoms with van der Waals surface area (Å²) in [4.78, 5) is 87.1. The van der Waals surface area contributed by atoms with Gasteiger partial charge in [-0.1, -0.05) is 45.6 Å². The van der Waals surface area contributed by atoms with Gasteiger partial charge in [-0.15, -0.1) is 0 Å². The van der Waals surface area contributed by atoms with E-state index < -0.39 is 88.0 Å². The fourth-order valence-corrected chi connectivity index (χ4v) is 5.56. The second-order valence-corrected chi connectivity index (χ2v) is 13.1. The number of carbonyl (C=O) groups is 7. The summed E-state index contributed by atoms with van der Waals surface area (Å²) < 4.78 is 48.4. The van der Waals surface area contributed by atoms with Crippen LogP contribution in [0.4, 0.5) is 13.2 Å². The molecule has 0 aromatic heterocycles. The highest BCUT2D eigenvalue weighted by molar-refractivity contribution is 6.19. The Morgan fingerprint density at radius 1 is 0.763 bits per heavy atom. The normalized spacial score (nSPS) is 14.6. The minimum atomic E-state index is -5.08. The third-order valence-corrected chi connectivity index (χ3v) is 8.55. The van der Waals surface area contributed by atoms with Gasteiger partial charge < -0.3 is 45.3 Å². The zero-order valence-corrected chi connectivity index (χ0v) is 31.9. The molecule has 1 heterocycles. The van der Waals surface area contributed by atoms with E-state index in [9.17, 15) is 57.3 Å². The second kappa shape index (κ2) is 21.9. The molecule has 59 heavy (non-hydrogen) atoms. The number of alkyl halides is 3. The van der Waals surface area contributed by atoms with E-state index in [0.29, 0.717) is 19.3 Å². The van der Waals surface area contributed by atoms with Gasteiger partial charge in [0.05, 0.1) is 22.7 Å². The summed E-state index contributed by atoms with van der Waals surface area (Å²) >= 11 is 0. The van der Waals surface area contributed by atoms with E-state index in [-0.39, 0.29) is 48.6 Å². The number of phenols is 2. The molecule has 0 spiro atoms. The number of phenolic OH excluding ortho intramolecular Hbond substituents is 2. The van der Waals surface area contributed by atoms with Gasteiger partial charge in [0.2, 0.25) is 5.78 Å². The number of amides is 1. The average molecular weight is 833 g/mol. The third-order valence-electron chi connectivity index (χ3n) is 8.55. The van der Waals surface area contributed by atoms with Gasteiger partial charge in [0.1, 0.15) is 34.7 Å². The third kappa shape index (κ3) is 13.8. The molecule has 1 aliphatic heterocycles. The number of ketones is 1. The molecule has 4 rings (SSSR count). The number of aliphatic carboxylic acids is 1. The van der Waals surface area contributed by atoms with Crippen LogP contribution in [0.2, 0.25) is 0 Å². The van der Waals surface area contributed by atoms with E-state index in [1.807, 2.05) is 13.8 Å². The number of benzene rings is 3. The number of carbonyl (C=O) groups excluding carboxylic acids is 5. The zero-order valence-electron chi connectivity index (χ0n) is 31.9. The van der Waals surface area contributed by atoms with Crippen LogP contribution in [0, 0.1) is 0 Å². The number of aromatic carboxylic acids is 1. The molecule has 0 aliphatic carbocycles. The van der Waals surface area contributed by atoms with E-state index in [1.165, 1.54) is 36.4 Å². The number of hydrogen-bond acceptors (Lipinski definition) is 13. The van der Waals surface area contributed by atoms with Crippen molar-refractivity contribution in [3.63, 3.8) is 0 Å². The molecule has 1 amide bonds. The predicted octanol–water partition coefficient (Wildman–Crippen LogP) is 5.56. The number of nitrogens with one attached hydrogen (secondary N) is 2. The molecule has 3 aromatic rings. The van der Waals surface area contributed by atoms with Crippen molar-refractivity contribution in [1.82, 2.24) is 10.6 Å². The first-order valence-corrected chi connectivity index (χ1v) is 18.4. The van der Waals surface area contributed by atoms with Gasteiger partial charge in [0.15, 0.2) is 0 Å². The SMILES string of the molecule is CCCCCC(=O)Oc1cc(C(=O)O[C@@H]2CNC[C@H]2NC(=O)c2ccc(O)cc2)cc(O)c1C(=O)c1c(OC(=O)CCCCC)cccc1C(=O)O.O=C(O)C(F)(F)F. The lowest BCUT2D eigenvalue weighted by Gasteiger charge is -2.21. The monoisotopic (exact) mass is 832 g/mol. The molecule has 0 saturated carbocycles. The number of carboxylic acids is 2. The second-order valence-electron chi connectivity index (χ2n) is 13.1. The van der Waals surface area contributed by atoms with Crippen LogP contribution in [-0.4, -0.2) is 93.4 Å². The van der Waals surface area contributed by atoms with E-state index in [1.54, 1.807) is 0 Å². The first kappa shape index (κ1) is 46.9. The molecule has 6 N–H and O–H groups in total. The van der Waals surface area contributed by atoms with Crippen LogP contribution in [0.3, 0.4) is 0 Å². The van der Waals surface area contributed by atoms with Gasteiger partial charge in [-0.05, 0) is 61.4 Å². The van der Waals surface area contributed by atoms with Crippen LogP contribution >= 0.6 is 0 Å². The number of hydrogen-bond donors (Lipinski definition) is 6. The van der Waals surface area contributed by atoms with Gasteiger partial charge in [-0.25, -0.2) is 14.4 Å². The number of aromatic hydroxyl groups is 2. The maximum Gasteiger partial charge on any atom is 0.490 e. The van der Waals surface area contributed by atoms with Gasteiger partial charge in [-0.2, -0.15) is 13.2 Å². The predicted molar refractivity (Wildman–Crippen MR) is 200 cm³/mol. The molecule has 0 radical (unpaired) electrons. The van der Waals surface area contributed by atoms with Crippen molar-refractivity contribution in [2.24, 2.45) is 0 Å². The van der Waals surface area contributed by atoms with Crippen LogP contribution in [0.25, 0.3) is 0 Å². The van der Waals surface area contributed by atoms with Gasteiger partial charge >= 0.3 is 36.0 Å². The van der Waals surface area contributed by atoms with E-state index in [4.69, 9.17) is 24.1 Å². The molecule has 0 bridgehead atoms. The highest BCUT2D eigenvalue weighted by atomic mass is 19.4. The van der Waals surface area contributed by atoms with E-state index >= 15 is 0 Å². The summed E-state index contributed by atoms with van der Waals surface area (Å²) in [6.45, 7) is 4.32. The van der Waals surface area contributed by atoms with Crippen LogP contribution < -0.4 is 20.1 Å². The lowest BCUT2D eigenvalue weighted by Crippen LogP contribution is -2.44. The van der Waals surface area contributed by atoms with Crippen molar-refractivity contribution in [2.75, 3.05) is 13.1 Å². The molecule has 0 unspecified atom stereocenters. The molecular formula is C40H43F3N2O14. The Bertz CT molecular complexity index is 2020. The summed E-state index contributed by atoms with van der Waals surface area (Å²) in [6, 6.07) is 10.5. The number of halogens is 3. The van der Waals surface area contributed by atoms with Crippen molar-refractivity contribution in [1.29, 1.82) is 0 Å². The van der Waals surface area contributed by atoms with Crippen molar-refractivity contribution >= 4 is 41.5 Å². The Balaban J connectivity index is 0.00000122. The van der Waals surface area contributed by atoms with E-state index in [0.717, 1.165) is 37.5 Å². The van der Waals surface area contributed by atoms with Crippen LogP contribution in [0.5, 0.6) is 23.0 Å². The largest absolute Gasteiger partial charge is 0.508 e. The molecule has 2 atom stereocenters. The molecule has 318 valence electrons. The Morgan fingerprint density at radius 2 is 1.34 bits per heavy atom. The van der Waals surface area contributed by atoms with Gasteiger partial charge in [0, 0.05) is 31.5 Å². The lowest BCUT2D eigenvalue weighted by molar-refractivity contribution is -0.192. The Kier molecular flexibility index (Phi) is 17.4. The van der Waals surface area contributed by atoms with E-state index in [2.05, 4.69) is 10.6 Å². The zero-order chi connectivity index (χ0) is 43.9. The maximum absolute atomic E-state index is 14.2. The molecule has 19 heteroatoms. The molecule has 1 aliphatic rings. The quantitative estimate of drug-likeness (QED) is 0.0422. The summed E-state index contributed by atoms with van der Waals surface area (Å²) in [7, 11) is 0. The van der Waals surface area contributed by atoms with Crippen LogP contribution in [-0.2, 0) is 19.1 Å². The Labute approximate surface area is 335 Å². The first-order valence-electron chi connectivity index (χ1n) is 18.4. The summed E-state index contributed by atoms with van der Waals surface area (Å²) in [5.41, 5.74) is -1.80. The summed E-state index contributed by atoms with van der Waals surface area (Å²) in [5.74, 6) is -10.1. The number of unbranched alkanes of at least 4 members (excludes halogenated alkanes) is 4. The Hall–Kier alpha value is -6.50. The number of ether oxygens (including phenoxy) is 3. The maximum atomic E-state index is 14.2. The lowest BCUT2D eigenvalue weighted by atomic mass is 9.95. The van der Waals surface area contributed by atoms with Gasteiger partial charge in [-0.3, -0.25) is 19.2 Å². The van der Waals surface area contributed by atoms with Gasteiger partial charge in [0.25, 0.3) is 5.91 Å². The van der Waals surface area contributed by atoms with Crippen LogP contribution in [0.1, 0.15) is 112 Å². The first-order chi connectivity index (χ1) is 27.9. The summed E-state index contributed by atoms with van der Waals surface area (Å²) in [6.07, 6.45) is -1.93. The standard InChI is InChI=1S/C38H42N2O12.C2HF3O2/c1-3-5-7-12-31(43)50-28-11-9-10-25(37(47)48)33(28)35(45)34-27(42)18-23(19-29(34)51-32(44)13-8-6-4-2)38(49)52-30-21-39-20-26(30)40-36(46)22-14-16-24(41)17-15-22;3-2(4,5)1(6)7/h9-11,14-19,26,30,39,41-42H,3-8,12-13,20-21H2,1-2H3,(H,40,46)(H,47,48);(H,6,7)/t26-,30-;/m1./s1. The van der Waals surface area contributed by atoms with Crippen molar-refractivity contribution in [3.05, 3.63) is 82.4 Å². The molecule has 3 aromatic carbocycles. The molecule has 1 saturated heterocycles. The number of carboxylic acid groups (broad SMARTS) is 2. The number of esters is 3.